The monoisotopic (exact) mass is 472 g/mol. The molecule has 3 aromatic rings. The molecule has 7 nitrogen and oxygen atoms in total. The lowest BCUT2D eigenvalue weighted by molar-refractivity contribution is -0.140. The van der Waals surface area contributed by atoms with Crippen LogP contribution >= 0.6 is 0 Å². The molecule has 4 rings (SSSR count). The van der Waals surface area contributed by atoms with Gasteiger partial charge in [-0.25, -0.2) is 0 Å². The number of pyridine rings is 1. The van der Waals surface area contributed by atoms with E-state index in [2.05, 4.69) is 18.8 Å². The van der Waals surface area contributed by atoms with E-state index in [9.17, 15) is 19.8 Å². The highest BCUT2D eigenvalue weighted by Gasteiger charge is 2.46. The molecule has 1 aliphatic heterocycles. The number of rotatable bonds is 7. The van der Waals surface area contributed by atoms with Gasteiger partial charge in [0.1, 0.15) is 17.3 Å². The van der Waals surface area contributed by atoms with Gasteiger partial charge in [0.25, 0.3) is 11.7 Å². The summed E-state index contributed by atoms with van der Waals surface area (Å²) in [5, 5.41) is 21.4. The third-order valence-corrected chi connectivity index (χ3v) is 5.85. The number of aryl methyl sites for hydroxylation is 1. The second-order valence-corrected chi connectivity index (χ2v) is 9.06. The first-order valence-electron chi connectivity index (χ1n) is 11.5. The summed E-state index contributed by atoms with van der Waals surface area (Å²) in [7, 11) is 0. The topological polar surface area (TPSA) is 100.0 Å². The molecule has 0 saturated carbocycles. The third kappa shape index (κ3) is 5.04. The highest BCUT2D eigenvalue weighted by atomic mass is 16.5. The Kier molecular flexibility index (Phi) is 6.87. The number of aliphatic hydroxyl groups is 1. The molecule has 2 heterocycles. The molecule has 1 aliphatic rings. The quantitative estimate of drug-likeness (QED) is 0.292. The normalized spacial score (nSPS) is 17.3. The third-order valence-electron chi connectivity index (χ3n) is 5.85. The van der Waals surface area contributed by atoms with E-state index in [1.54, 1.807) is 54.9 Å². The van der Waals surface area contributed by atoms with E-state index in [1.807, 2.05) is 6.92 Å². The van der Waals surface area contributed by atoms with Crippen LogP contribution in [0.2, 0.25) is 0 Å². The van der Waals surface area contributed by atoms with Gasteiger partial charge in [-0.15, -0.1) is 0 Å². The lowest BCUT2D eigenvalue weighted by Gasteiger charge is -2.25. The maximum Gasteiger partial charge on any atom is 0.295 e. The van der Waals surface area contributed by atoms with Crippen LogP contribution in [0, 0.1) is 12.8 Å². The summed E-state index contributed by atoms with van der Waals surface area (Å²) in [5.74, 6) is -0.709. The van der Waals surface area contributed by atoms with Crippen molar-refractivity contribution in [3.8, 4) is 11.5 Å². The average Bonchev–Trinajstić information content (AvgIpc) is 3.08. The van der Waals surface area contributed by atoms with Gasteiger partial charge in [-0.2, -0.15) is 0 Å². The number of aliphatic hydroxyl groups excluding tert-OH is 1. The number of hydrogen-bond donors (Lipinski definition) is 2. The summed E-state index contributed by atoms with van der Waals surface area (Å²) < 4.78 is 5.82. The standard InChI is InChI=1S/C28H28N2O5/c1-17(2)16-35-23-8-7-21(13-18(23)3)26(32)24-25(20-5-4-6-22(31)14-20)30(28(34)27(24)33)15-19-9-11-29-12-10-19/h4-14,17,25,31-32H,15-16H2,1-3H3/b26-24-. The number of nitrogens with zero attached hydrogens (tertiary/aromatic N) is 2. The van der Waals surface area contributed by atoms with Gasteiger partial charge in [-0.1, -0.05) is 26.0 Å². The number of aromatic hydroxyl groups is 1. The van der Waals surface area contributed by atoms with Crippen LogP contribution in [0.25, 0.3) is 5.76 Å². The Balaban J connectivity index is 1.79. The number of amides is 1. The van der Waals surface area contributed by atoms with E-state index in [-0.39, 0.29) is 23.6 Å². The van der Waals surface area contributed by atoms with Gasteiger partial charge in [0.2, 0.25) is 0 Å². The SMILES string of the molecule is Cc1cc(/C(O)=C2/C(=O)C(=O)N(Cc3ccncc3)C2c2cccc(O)c2)ccc1OCC(C)C. The predicted octanol–water partition coefficient (Wildman–Crippen LogP) is 4.75. The number of phenolic OH excluding ortho intramolecular Hbond substituents is 1. The van der Waals surface area contributed by atoms with Crippen LogP contribution in [0.5, 0.6) is 11.5 Å². The van der Waals surface area contributed by atoms with Crippen molar-refractivity contribution in [1.82, 2.24) is 9.88 Å². The molecule has 1 atom stereocenters. The zero-order valence-electron chi connectivity index (χ0n) is 19.9. The Morgan fingerprint density at radius 1 is 1.09 bits per heavy atom. The minimum absolute atomic E-state index is 0.000465. The van der Waals surface area contributed by atoms with E-state index < -0.39 is 17.7 Å². The molecule has 35 heavy (non-hydrogen) atoms. The van der Waals surface area contributed by atoms with Crippen LogP contribution in [0.1, 0.15) is 42.1 Å². The summed E-state index contributed by atoms with van der Waals surface area (Å²) in [4.78, 5) is 31.7. The Labute approximate surface area is 204 Å². The molecule has 0 spiro atoms. The number of phenols is 1. The first-order chi connectivity index (χ1) is 16.8. The van der Waals surface area contributed by atoms with Crippen molar-refractivity contribution in [1.29, 1.82) is 0 Å². The molecule has 0 radical (unpaired) electrons. The average molecular weight is 473 g/mol. The van der Waals surface area contributed by atoms with Gasteiger partial charge in [-0.3, -0.25) is 14.6 Å². The maximum absolute atomic E-state index is 13.2. The number of ether oxygens (including phenoxy) is 1. The van der Waals surface area contributed by atoms with Crippen LogP contribution in [0.15, 0.2) is 72.6 Å². The number of carbonyl (C=O) groups excluding carboxylic acids is 2. The Morgan fingerprint density at radius 2 is 1.83 bits per heavy atom. The van der Waals surface area contributed by atoms with E-state index >= 15 is 0 Å². The molecule has 0 bridgehead atoms. The number of carbonyl (C=O) groups is 2. The van der Waals surface area contributed by atoms with E-state index in [0.29, 0.717) is 29.4 Å². The van der Waals surface area contributed by atoms with Gasteiger partial charge < -0.3 is 19.8 Å². The second-order valence-electron chi connectivity index (χ2n) is 9.06. The number of ketones is 1. The fourth-order valence-corrected chi connectivity index (χ4v) is 4.14. The van der Waals surface area contributed by atoms with Crippen molar-refractivity contribution in [2.24, 2.45) is 5.92 Å². The highest BCUT2D eigenvalue weighted by molar-refractivity contribution is 6.46. The van der Waals surface area contributed by atoms with Crippen molar-refractivity contribution in [3.63, 3.8) is 0 Å². The fourth-order valence-electron chi connectivity index (χ4n) is 4.14. The lowest BCUT2D eigenvalue weighted by atomic mass is 9.94. The van der Waals surface area contributed by atoms with Gasteiger partial charge in [0.15, 0.2) is 0 Å². The van der Waals surface area contributed by atoms with Crippen molar-refractivity contribution >= 4 is 17.4 Å². The van der Waals surface area contributed by atoms with Crippen molar-refractivity contribution in [2.75, 3.05) is 6.61 Å². The molecule has 0 aliphatic carbocycles. The zero-order valence-corrected chi connectivity index (χ0v) is 19.9. The molecule has 1 saturated heterocycles. The van der Waals surface area contributed by atoms with Gasteiger partial charge >= 0.3 is 0 Å². The van der Waals surface area contributed by atoms with E-state index in [4.69, 9.17) is 4.74 Å². The second kappa shape index (κ2) is 10.0. The van der Waals surface area contributed by atoms with Crippen molar-refractivity contribution in [2.45, 2.75) is 33.4 Å². The molecule has 180 valence electrons. The summed E-state index contributed by atoms with van der Waals surface area (Å²) in [6.45, 7) is 6.68. The molecule has 1 amide bonds. The molecule has 1 unspecified atom stereocenters. The Bertz CT molecular complexity index is 1280. The minimum atomic E-state index is -0.868. The van der Waals surface area contributed by atoms with Gasteiger partial charge in [0.05, 0.1) is 18.2 Å². The first-order valence-corrected chi connectivity index (χ1v) is 11.5. The molecular formula is C28H28N2O5. The number of hydrogen-bond acceptors (Lipinski definition) is 6. The smallest absolute Gasteiger partial charge is 0.295 e. The van der Waals surface area contributed by atoms with Crippen LogP contribution in [0.3, 0.4) is 0 Å². The minimum Gasteiger partial charge on any atom is -0.508 e. The number of aromatic nitrogens is 1. The highest BCUT2D eigenvalue weighted by Crippen LogP contribution is 2.41. The molecule has 2 N–H and O–H groups in total. The first kappa shape index (κ1) is 24.0. The maximum atomic E-state index is 13.2. The van der Waals surface area contributed by atoms with Crippen molar-refractivity contribution in [3.05, 3.63) is 94.8 Å². The number of benzene rings is 2. The van der Waals surface area contributed by atoms with Crippen LogP contribution in [-0.4, -0.2) is 38.4 Å². The van der Waals surface area contributed by atoms with E-state index in [0.717, 1.165) is 11.1 Å². The predicted molar refractivity (Wildman–Crippen MR) is 132 cm³/mol. The van der Waals surface area contributed by atoms with Crippen molar-refractivity contribution < 1.29 is 24.5 Å². The van der Waals surface area contributed by atoms with Crippen LogP contribution in [0.4, 0.5) is 0 Å². The summed E-state index contributed by atoms with van der Waals surface area (Å²) in [6, 6.07) is 14.2. The number of Topliss-reactive ketones (excluding diaryl/α,β-unsaturated/α-hetero) is 1. The lowest BCUT2D eigenvalue weighted by Crippen LogP contribution is -2.29. The Morgan fingerprint density at radius 3 is 2.49 bits per heavy atom. The summed E-state index contributed by atoms with van der Waals surface area (Å²) in [6.07, 6.45) is 3.22. The molecule has 7 heteroatoms. The summed E-state index contributed by atoms with van der Waals surface area (Å²) in [5.41, 5.74) is 2.49. The largest absolute Gasteiger partial charge is 0.508 e. The Hall–Kier alpha value is -4.13. The molecule has 2 aromatic carbocycles. The molecule has 1 aromatic heterocycles. The zero-order chi connectivity index (χ0) is 25.1. The molecular weight excluding hydrogens is 444 g/mol. The van der Waals surface area contributed by atoms with E-state index in [1.165, 1.54) is 17.0 Å². The van der Waals surface area contributed by atoms with Crippen LogP contribution in [-0.2, 0) is 16.1 Å². The van der Waals surface area contributed by atoms with Gasteiger partial charge in [-0.05, 0) is 72.0 Å². The molecule has 1 fully saturated rings. The van der Waals surface area contributed by atoms with Crippen LogP contribution < -0.4 is 4.74 Å². The summed E-state index contributed by atoms with van der Waals surface area (Å²) >= 11 is 0. The fraction of sp³-hybridized carbons (Fsp3) is 0.250. The van der Waals surface area contributed by atoms with Gasteiger partial charge in [0, 0.05) is 24.5 Å². The number of likely N-dealkylation sites (tertiary alicyclic amines) is 1.